The van der Waals surface area contributed by atoms with Gasteiger partial charge in [0.25, 0.3) is 0 Å². The number of carbonyl (C=O) groups excluding carboxylic acids is 1. The lowest BCUT2D eigenvalue weighted by atomic mass is 9.75. The molecule has 1 aliphatic rings. The summed E-state index contributed by atoms with van der Waals surface area (Å²) in [6.07, 6.45) is 4.67. The van der Waals surface area contributed by atoms with Crippen LogP contribution in [0, 0.1) is 5.41 Å². The van der Waals surface area contributed by atoms with E-state index in [9.17, 15) is 4.79 Å². The van der Waals surface area contributed by atoms with Crippen molar-refractivity contribution in [2.75, 3.05) is 6.54 Å². The van der Waals surface area contributed by atoms with Gasteiger partial charge in [-0.15, -0.1) is 0 Å². The third kappa shape index (κ3) is 2.13. The number of allylic oxidation sites excluding steroid dienone is 1. The normalized spacial score (nSPS) is 25.5. The summed E-state index contributed by atoms with van der Waals surface area (Å²) in [7, 11) is 0. The van der Waals surface area contributed by atoms with Crippen LogP contribution in [0.2, 0.25) is 0 Å². The van der Waals surface area contributed by atoms with Crippen LogP contribution in [0.3, 0.4) is 0 Å². The monoisotopic (exact) mass is 193 g/mol. The lowest BCUT2D eigenvalue weighted by molar-refractivity contribution is -0.112. The first-order valence-electron chi connectivity index (χ1n) is 5.15. The first-order chi connectivity index (χ1) is 6.49. The van der Waals surface area contributed by atoms with Crippen molar-refractivity contribution in [1.82, 2.24) is 5.32 Å². The molecular weight excluding hydrogens is 174 g/mol. The minimum absolute atomic E-state index is 0.0137. The van der Waals surface area contributed by atoms with E-state index in [0.717, 1.165) is 13.0 Å². The summed E-state index contributed by atoms with van der Waals surface area (Å²) in [6, 6.07) is 0.0833. The second-order valence-electron chi connectivity index (χ2n) is 4.43. The molecule has 1 atom stereocenters. The van der Waals surface area contributed by atoms with Gasteiger partial charge < -0.3 is 5.32 Å². The Bertz CT molecular complexity index is 276. The highest BCUT2D eigenvalue weighted by Crippen LogP contribution is 2.31. The molecule has 1 unspecified atom stereocenters. The molecule has 0 aromatic rings. The molecule has 2 nitrogen and oxygen atoms in total. The van der Waals surface area contributed by atoms with Crippen LogP contribution in [0.5, 0.6) is 0 Å². The average molecular weight is 193 g/mol. The number of carbonyl (C=O) groups is 1. The summed E-state index contributed by atoms with van der Waals surface area (Å²) < 4.78 is 0. The maximum atomic E-state index is 11.4. The summed E-state index contributed by atoms with van der Waals surface area (Å²) >= 11 is 0. The number of hydrogen-bond donors (Lipinski definition) is 1. The van der Waals surface area contributed by atoms with Crippen LogP contribution in [-0.4, -0.2) is 18.4 Å². The van der Waals surface area contributed by atoms with Gasteiger partial charge in [0.05, 0.1) is 0 Å². The van der Waals surface area contributed by atoms with Gasteiger partial charge in [-0.1, -0.05) is 33.4 Å². The first kappa shape index (κ1) is 11.2. The number of hydrogen-bond acceptors (Lipinski definition) is 2. The quantitative estimate of drug-likeness (QED) is 0.695. The number of ketones is 1. The van der Waals surface area contributed by atoms with E-state index in [1.54, 1.807) is 6.08 Å². The second kappa shape index (κ2) is 4.09. The Hall–Kier alpha value is -0.890. The lowest BCUT2D eigenvalue weighted by Gasteiger charge is -2.36. The van der Waals surface area contributed by atoms with E-state index in [2.05, 4.69) is 32.7 Å². The van der Waals surface area contributed by atoms with Crippen LogP contribution >= 0.6 is 0 Å². The molecular formula is C12H19NO. The summed E-state index contributed by atoms with van der Waals surface area (Å²) in [6.45, 7) is 11.1. The Kier molecular flexibility index (Phi) is 3.27. The lowest BCUT2D eigenvalue weighted by Crippen LogP contribution is -2.46. The minimum atomic E-state index is -0.0137. The molecule has 0 aliphatic heterocycles. The van der Waals surface area contributed by atoms with Gasteiger partial charge >= 0.3 is 0 Å². The van der Waals surface area contributed by atoms with E-state index in [0.29, 0.717) is 5.57 Å². The van der Waals surface area contributed by atoms with Crippen molar-refractivity contribution in [3.8, 4) is 0 Å². The van der Waals surface area contributed by atoms with Crippen molar-refractivity contribution >= 4 is 5.78 Å². The van der Waals surface area contributed by atoms with Gasteiger partial charge in [0.1, 0.15) is 0 Å². The highest BCUT2D eigenvalue weighted by molar-refractivity contribution is 6.05. The molecule has 0 aromatic heterocycles. The first-order valence-corrected chi connectivity index (χ1v) is 5.15. The van der Waals surface area contributed by atoms with Crippen molar-refractivity contribution in [3.63, 3.8) is 0 Å². The van der Waals surface area contributed by atoms with E-state index < -0.39 is 0 Å². The molecule has 0 spiro atoms. The van der Waals surface area contributed by atoms with E-state index in [1.165, 1.54) is 0 Å². The topological polar surface area (TPSA) is 29.1 Å². The SMILES string of the molecule is C=C1C(=O)C=CC(C)(C)C1NCCC. The zero-order valence-electron chi connectivity index (χ0n) is 9.26. The van der Waals surface area contributed by atoms with Gasteiger partial charge in [0, 0.05) is 17.0 Å². The fourth-order valence-electron chi connectivity index (χ4n) is 1.76. The zero-order valence-corrected chi connectivity index (χ0v) is 9.26. The molecule has 0 radical (unpaired) electrons. The Balaban J connectivity index is 2.83. The van der Waals surface area contributed by atoms with Gasteiger partial charge in [-0.25, -0.2) is 0 Å². The van der Waals surface area contributed by atoms with Gasteiger partial charge in [-0.3, -0.25) is 4.79 Å². The summed E-state index contributed by atoms with van der Waals surface area (Å²) in [4.78, 5) is 11.4. The summed E-state index contributed by atoms with van der Waals surface area (Å²) in [5, 5.41) is 3.37. The van der Waals surface area contributed by atoms with E-state index in [4.69, 9.17) is 0 Å². The maximum Gasteiger partial charge on any atom is 0.182 e. The molecule has 0 saturated carbocycles. The summed E-state index contributed by atoms with van der Waals surface area (Å²) in [5.74, 6) is 0.0536. The third-order valence-corrected chi connectivity index (χ3v) is 2.67. The Morgan fingerprint density at radius 3 is 2.79 bits per heavy atom. The van der Waals surface area contributed by atoms with Crippen molar-refractivity contribution in [3.05, 3.63) is 24.3 Å². The van der Waals surface area contributed by atoms with E-state index in [-0.39, 0.29) is 17.2 Å². The Morgan fingerprint density at radius 2 is 2.21 bits per heavy atom. The Morgan fingerprint density at radius 1 is 1.57 bits per heavy atom. The highest BCUT2D eigenvalue weighted by atomic mass is 16.1. The zero-order chi connectivity index (χ0) is 10.8. The van der Waals surface area contributed by atoms with Gasteiger partial charge in [-0.05, 0) is 19.0 Å². The van der Waals surface area contributed by atoms with E-state index >= 15 is 0 Å². The van der Waals surface area contributed by atoms with Crippen LogP contribution in [0.15, 0.2) is 24.3 Å². The van der Waals surface area contributed by atoms with Crippen LogP contribution in [-0.2, 0) is 4.79 Å². The fraction of sp³-hybridized carbons (Fsp3) is 0.583. The van der Waals surface area contributed by atoms with Crippen molar-refractivity contribution in [2.45, 2.75) is 33.2 Å². The number of rotatable bonds is 3. The summed E-state index contributed by atoms with van der Waals surface area (Å²) in [5.41, 5.74) is 0.672. The molecule has 0 aromatic carbocycles. The molecule has 2 heteroatoms. The predicted molar refractivity (Wildman–Crippen MR) is 59.1 cm³/mol. The van der Waals surface area contributed by atoms with Crippen molar-refractivity contribution in [1.29, 1.82) is 0 Å². The van der Waals surface area contributed by atoms with Gasteiger partial charge in [0.2, 0.25) is 0 Å². The Labute approximate surface area is 86.1 Å². The molecule has 1 aliphatic carbocycles. The van der Waals surface area contributed by atoms with Gasteiger partial charge in [0.15, 0.2) is 5.78 Å². The molecule has 0 amide bonds. The highest BCUT2D eigenvalue weighted by Gasteiger charge is 2.34. The molecule has 0 bridgehead atoms. The van der Waals surface area contributed by atoms with Crippen LogP contribution in [0.4, 0.5) is 0 Å². The number of nitrogens with one attached hydrogen (secondary N) is 1. The van der Waals surface area contributed by atoms with Crippen molar-refractivity contribution in [2.24, 2.45) is 5.41 Å². The second-order valence-corrected chi connectivity index (χ2v) is 4.43. The molecule has 14 heavy (non-hydrogen) atoms. The smallest absolute Gasteiger partial charge is 0.182 e. The molecule has 78 valence electrons. The van der Waals surface area contributed by atoms with E-state index in [1.807, 2.05) is 6.08 Å². The predicted octanol–water partition coefficient (Wildman–Crippen LogP) is 2.08. The van der Waals surface area contributed by atoms with Crippen LogP contribution in [0.25, 0.3) is 0 Å². The molecule has 0 saturated heterocycles. The van der Waals surface area contributed by atoms with Gasteiger partial charge in [-0.2, -0.15) is 0 Å². The standard InChI is InChI=1S/C12H19NO/c1-5-8-13-11-9(2)10(14)6-7-12(11,3)4/h6-7,11,13H,2,5,8H2,1,3-4H3. The molecule has 1 rings (SSSR count). The molecule has 1 N–H and O–H groups in total. The fourth-order valence-corrected chi connectivity index (χ4v) is 1.76. The third-order valence-electron chi connectivity index (χ3n) is 2.67. The van der Waals surface area contributed by atoms with Crippen molar-refractivity contribution < 1.29 is 4.79 Å². The van der Waals surface area contributed by atoms with Crippen LogP contribution < -0.4 is 5.32 Å². The molecule has 0 heterocycles. The average Bonchev–Trinajstić information content (AvgIpc) is 2.12. The largest absolute Gasteiger partial charge is 0.309 e. The van der Waals surface area contributed by atoms with Crippen LogP contribution in [0.1, 0.15) is 27.2 Å². The molecule has 0 fully saturated rings. The maximum absolute atomic E-state index is 11.4. The minimum Gasteiger partial charge on any atom is -0.309 e.